The second kappa shape index (κ2) is 3.01. The highest BCUT2D eigenvalue weighted by Gasteiger charge is 2.59. The first-order valence-corrected chi connectivity index (χ1v) is 6.08. The van der Waals surface area contributed by atoms with Crippen LogP contribution in [-0.2, 0) is 0 Å². The van der Waals surface area contributed by atoms with Crippen LogP contribution < -0.4 is 4.90 Å². The fourth-order valence-corrected chi connectivity index (χ4v) is 3.23. The molecule has 0 radical (unpaired) electrons. The number of anilines is 1. The number of aryl methyl sites for hydroxylation is 1. The summed E-state index contributed by atoms with van der Waals surface area (Å²) in [6.45, 7) is 4.58. The van der Waals surface area contributed by atoms with Crippen molar-refractivity contribution < 1.29 is 0 Å². The third-order valence-corrected chi connectivity index (χ3v) is 4.23. The molecule has 1 saturated carbocycles. The smallest absolute Gasteiger partial charge is 0.0581 e. The third kappa shape index (κ3) is 1.29. The molecule has 0 bridgehead atoms. The lowest BCUT2D eigenvalue weighted by molar-refractivity contribution is 0.483. The fraction of sp³-hybridized carbons (Fsp3) is 0.571. The van der Waals surface area contributed by atoms with Crippen molar-refractivity contribution in [3.05, 3.63) is 29.8 Å². The van der Waals surface area contributed by atoms with E-state index in [0.29, 0.717) is 5.54 Å². The summed E-state index contributed by atoms with van der Waals surface area (Å²) in [6, 6.07) is 9.83. The van der Waals surface area contributed by atoms with Gasteiger partial charge in [-0.3, -0.25) is 0 Å². The first kappa shape index (κ1) is 9.26. The average Bonchev–Trinajstić information content (AvgIpc) is 2.85. The minimum atomic E-state index is 0.494. The summed E-state index contributed by atoms with van der Waals surface area (Å²) in [5, 5.41) is 0. The third-order valence-electron chi connectivity index (χ3n) is 4.23. The number of hydrogen-bond acceptors (Lipinski definition) is 1. The van der Waals surface area contributed by atoms with Gasteiger partial charge in [-0.2, -0.15) is 0 Å². The van der Waals surface area contributed by atoms with Crippen LogP contribution in [0.2, 0.25) is 0 Å². The number of rotatable bonds is 1. The van der Waals surface area contributed by atoms with Gasteiger partial charge in [-0.25, -0.2) is 0 Å². The molecule has 1 heteroatoms. The minimum absolute atomic E-state index is 0.494. The summed E-state index contributed by atoms with van der Waals surface area (Å²) < 4.78 is 0. The molecule has 1 heterocycles. The molecule has 1 aliphatic heterocycles. The van der Waals surface area contributed by atoms with E-state index in [9.17, 15) is 0 Å². The Balaban J connectivity index is 1.87. The molecule has 0 amide bonds. The minimum Gasteiger partial charge on any atom is -0.359 e. The van der Waals surface area contributed by atoms with Gasteiger partial charge >= 0.3 is 0 Å². The number of benzene rings is 1. The molecule has 2 aliphatic rings. The molecule has 2 atom stereocenters. The standard InChI is InChI=1S/C14H19N/c1-11-6-8-12(9-7-11)15-13-5-3-4-10-14(13,15)2/h6-9,13H,3-5,10H2,1-2H3. The van der Waals surface area contributed by atoms with E-state index in [4.69, 9.17) is 0 Å². The summed E-state index contributed by atoms with van der Waals surface area (Å²) in [5.74, 6) is 0. The van der Waals surface area contributed by atoms with Gasteiger partial charge in [0.2, 0.25) is 0 Å². The molecular formula is C14H19N. The van der Waals surface area contributed by atoms with Crippen LogP contribution in [0.1, 0.15) is 38.2 Å². The van der Waals surface area contributed by atoms with Gasteiger partial charge in [-0.15, -0.1) is 0 Å². The maximum atomic E-state index is 2.62. The van der Waals surface area contributed by atoms with Crippen molar-refractivity contribution in [1.29, 1.82) is 0 Å². The average molecular weight is 201 g/mol. The van der Waals surface area contributed by atoms with Gasteiger partial charge < -0.3 is 4.90 Å². The van der Waals surface area contributed by atoms with Gasteiger partial charge in [0.25, 0.3) is 0 Å². The summed E-state index contributed by atoms with van der Waals surface area (Å²) in [7, 11) is 0. The maximum Gasteiger partial charge on any atom is 0.0581 e. The van der Waals surface area contributed by atoms with Crippen molar-refractivity contribution in [3.8, 4) is 0 Å². The topological polar surface area (TPSA) is 3.01 Å². The number of fused-ring (bicyclic) bond motifs is 1. The van der Waals surface area contributed by atoms with Gasteiger partial charge in [0, 0.05) is 5.69 Å². The quantitative estimate of drug-likeness (QED) is 0.628. The number of hydrogen-bond donors (Lipinski definition) is 0. The van der Waals surface area contributed by atoms with Crippen LogP contribution in [0.4, 0.5) is 5.69 Å². The molecule has 1 nitrogen and oxygen atoms in total. The van der Waals surface area contributed by atoms with E-state index in [1.165, 1.54) is 36.9 Å². The van der Waals surface area contributed by atoms with Crippen molar-refractivity contribution in [3.63, 3.8) is 0 Å². The van der Waals surface area contributed by atoms with E-state index in [1.54, 1.807) is 0 Å². The Morgan fingerprint density at radius 3 is 2.53 bits per heavy atom. The molecule has 3 rings (SSSR count). The van der Waals surface area contributed by atoms with Crippen molar-refractivity contribution >= 4 is 5.69 Å². The Morgan fingerprint density at radius 1 is 1.20 bits per heavy atom. The molecule has 1 saturated heterocycles. The second-order valence-electron chi connectivity index (χ2n) is 5.32. The predicted molar refractivity (Wildman–Crippen MR) is 64.3 cm³/mol. The van der Waals surface area contributed by atoms with Crippen molar-refractivity contribution in [2.45, 2.75) is 51.1 Å². The predicted octanol–water partition coefficient (Wildman–Crippen LogP) is 3.52. The fourth-order valence-electron chi connectivity index (χ4n) is 3.23. The van der Waals surface area contributed by atoms with E-state index < -0.39 is 0 Å². The highest BCUT2D eigenvalue weighted by atomic mass is 15.4. The Labute approximate surface area is 92.1 Å². The summed E-state index contributed by atoms with van der Waals surface area (Å²) >= 11 is 0. The Hall–Kier alpha value is -0.980. The zero-order valence-electron chi connectivity index (χ0n) is 9.66. The normalized spacial score (nSPS) is 33.7. The van der Waals surface area contributed by atoms with Gasteiger partial charge in [0.15, 0.2) is 0 Å². The van der Waals surface area contributed by atoms with E-state index in [0.717, 1.165) is 6.04 Å². The lowest BCUT2D eigenvalue weighted by atomic mass is 9.91. The highest BCUT2D eigenvalue weighted by Crippen LogP contribution is 2.53. The molecule has 0 aromatic heterocycles. The van der Waals surface area contributed by atoms with Crippen LogP contribution in [-0.4, -0.2) is 11.6 Å². The van der Waals surface area contributed by atoms with Crippen LogP contribution >= 0.6 is 0 Å². The van der Waals surface area contributed by atoms with E-state index >= 15 is 0 Å². The first-order chi connectivity index (χ1) is 7.22. The molecule has 1 aromatic carbocycles. The maximum absolute atomic E-state index is 2.62. The molecule has 2 unspecified atom stereocenters. The largest absolute Gasteiger partial charge is 0.359 e. The monoisotopic (exact) mass is 201 g/mol. The zero-order valence-corrected chi connectivity index (χ0v) is 9.66. The Morgan fingerprint density at radius 2 is 1.93 bits per heavy atom. The van der Waals surface area contributed by atoms with E-state index in [-0.39, 0.29) is 0 Å². The molecule has 80 valence electrons. The SMILES string of the molecule is Cc1ccc(N2C3CCCCC32C)cc1. The Bertz CT molecular complexity index is 367. The van der Waals surface area contributed by atoms with Crippen LogP contribution in [0.5, 0.6) is 0 Å². The van der Waals surface area contributed by atoms with Gasteiger partial charge in [0.1, 0.15) is 0 Å². The van der Waals surface area contributed by atoms with Gasteiger partial charge in [0.05, 0.1) is 11.6 Å². The molecule has 1 aliphatic carbocycles. The lowest BCUT2D eigenvalue weighted by Gasteiger charge is -2.14. The molecule has 2 fully saturated rings. The van der Waals surface area contributed by atoms with Crippen LogP contribution in [0, 0.1) is 6.92 Å². The van der Waals surface area contributed by atoms with Crippen LogP contribution in [0.25, 0.3) is 0 Å². The van der Waals surface area contributed by atoms with E-state index in [1.807, 2.05) is 0 Å². The first-order valence-electron chi connectivity index (χ1n) is 6.08. The molecule has 1 aromatic rings. The lowest BCUT2D eigenvalue weighted by Crippen LogP contribution is -2.16. The zero-order chi connectivity index (χ0) is 10.5. The van der Waals surface area contributed by atoms with Crippen LogP contribution in [0.3, 0.4) is 0 Å². The molecular weight excluding hydrogens is 182 g/mol. The molecule has 0 spiro atoms. The Kier molecular flexibility index (Phi) is 1.86. The van der Waals surface area contributed by atoms with Gasteiger partial charge in [-0.1, -0.05) is 30.5 Å². The number of nitrogens with zero attached hydrogens (tertiary/aromatic N) is 1. The second-order valence-corrected chi connectivity index (χ2v) is 5.32. The van der Waals surface area contributed by atoms with Crippen molar-refractivity contribution in [2.24, 2.45) is 0 Å². The van der Waals surface area contributed by atoms with E-state index in [2.05, 4.69) is 43.0 Å². The summed E-state index contributed by atoms with van der Waals surface area (Å²) in [6.07, 6.45) is 5.61. The highest BCUT2D eigenvalue weighted by molar-refractivity contribution is 5.61. The summed E-state index contributed by atoms with van der Waals surface area (Å²) in [4.78, 5) is 2.62. The van der Waals surface area contributed by atoms with Crippen molar-refractivity contribution in [1.82, 2.24) is 0 Å². The summed E-state index contributed by atoms with van der Waals surface area (Å²) in [5.41, 5.74) is 3.27. The van der Waals surface area contributed by atoms with Gasteiger partial charge in [-0.05, 0) is 38.8 Å². The molecule has 15 heavy (non-hydrogen) atoms. The van der Waals surface area contributed by atoms with Crippen molar-refractivity contribution in [2.75, 3.05) is 4.90 Å². The molecule has 0 N–H and O–H groups in total. The van der Waals surface area contributed by atoms with Crippen LogP contribution in [0.15, 0.2) is 24.3 Å².